The Balaban J connectivity index is 2.26. The van der Waals surface area contributed by atoms with E-state index in [0.717, 1.165) is 31.6 Å². The van der Waals surface area contributed by atoms with E-state index in [-0.39, 0.29) is 0 Å². The number of nitrogens with two attached hydrogens (primary N) is 1. The number of carbonyl (C=O) groups excluding carboxylic acids is 1. The van der Waals surface area contributed by atoms with Crippen LogP contribution in [-0.2, 0) is 0 Å². The molecule has 1 aromatic heterocycles. The molecule has 0 fully saturated rings. The molecule has 0 bridgehead atoms. The summed E-state index contributed by atoms with van der Waals surface area (Å²) >= 11 is 0. The summed E-state index contributed by atoms with van der Waals surface area (Å²) in [6, 6.07) is 4.11. The van der Waals surface area contributed by atoms with E-state index in [2.05, 4.69) is 36.1 Å². The lowest BCUT2D eigenvalue weighted by Crippen LogP contribution is -2.27. The molecule has 5 nitrogen and oxygen atoms in total. The average molecular weight is 264 g/mol. The molecule has 0 aromatic carbocycles. The maximum absolute atomic E-state index is 11.0. The molecule has 0 unspecified atom stereocenters. The molecule has 1 amide bonds. The Labute approximate surface area is 115 Å². The highest BCUT2D eigenvalue weighted by Crippen LogP contribution is 2.08. The Morgan fingerprint density at radius 2 is 2.21 bits per heavy atom. The zero-order valence-electron chi connectivity index (χ0n) is 12.0. The third-order valence-corrected chi connectivity index (χ3v) is 3.16. The normalized spacial score (nSPS) is 11.0. The van der Waals surface area contributed by atoms with Gasteiger partial charge in [0.15, 0.2) is 0 Å². The largest absolute Gasteiger partial charge is 0.385 e. The molecule has 0 saturated heterocycles. The van der Waals surface area contributed by atoms with E-state index < -0.39 is 5.91 Å². The van der Waals surface area contributed by atoms with Crippen molar-refractivity contribution < 1.29 is 4.79 Å². The molecule has 0 aliphatic heterocycles. The number of anilines is 1. The number of hydrogen-bond donors (Lipinski definition) is 2. The van der Waals surface area contributed by atoms with Gasteiger partial charge in [-0.15, -0.1) is 0 Å². The third kappa shape index (κ3) is 5.70. The van der Waals surface area contributed by atoms with Crippen LogP contribution in [0.5, 0.6) is 0 Å². The minimum atomic E-state index is -0.498. The lowest BCUT2D eigenvalue weighted by atomic mass is 10.2. The van der Waals surface area contributed by atoms with E-state index in [0.29, 0.717) is 11.7 Å². The Morgan fingerprint density at radius 3 is 2.84 bits per heavy atom. The van der Waals surface area contributed by atoms with Gasteiger partial charge in [-0.05, 0) is 52.4 Å². The summed E-state index contributed by atoms with van der Waals surface area (Å²) < 4.78 is 0. The number of nitrogens with one attached hydrogen (secondary N) is 1. The zero-order chi connectivity index (χ0) is 14.3. The molecule has 0 spiro atoms. The number of amides is 1. The van der Waals surface area contributed by atoms with Crippen LogP contribution in [0.15, 0.2) is 18.3 Å². The number of aromatic nitrogens is 1. The molecule has 106 valence electrons. The molecule has 3 N–H and O–H groups in total. The first kappa shape index (κ1) is 15.4. The maximum Gasteiger partial charge on any atom is 0.267 e. The minimum Gasteiger partial charge on any atom is -0.385 e. The van der Waals surface area contributed by atoms with Crippen molar-refractivity contribution in [1.82, 2.24) is 9.88 Å². The molecular weight excluding hydrogens is 240 g/mol. The third-order valence-electron chi connectivity index (χ3n) is 3.16. The summed E-state index contributed by atoms with van der Waals surface area (Å²) in [6.45, 7) is 6.37. The van der Waals surface area contributed by atoms with Crippen LogP contribution < -0.4 is 11.1 Å². The fourth-order valence-corrected chi connectivity index (χ4v) is 1.65. The Bertz CT molecular complexity index is 406. The molecule has 0 aliphatic rings. The summed E-state index contributed by atoms with van der Waals surface area (Å²) in [7, 11) is 2.14. The SMILES string of the molecule is CC(C)N(C)CCCCNc1ccnc(C(N)=O)c1. The second-order valence-corrected chi connectivity index (χ2v) is 5.00. The van der Waals surface area contributed by atoms with Gasteiger partial charge in [0.25, 0.3) is 5.91 Å². The van der Waals surface area contributed by atoms with Crippen LogP contribution in [-0.4, -0.2) is 42.0 Å². The summed E-state index contributed by atoms with van der Waals surface area (Å²) in [5, 5.41) is 3.28. The van der Waals surface area contributed by atoms with Crippen LogP contribution in [0.4, 0.5) is 5.69 Å². The van der Waals surface area contributed by atoms with E-state index in [1.165, 1.54) is 0 Å². The molecule has 5 heteroatoms. The molecule has 0 radical (unpaired) electrons. The molecule has 0 aliphatic carbocycles. The van der Waals surface area contributed by atoms with Crippen LogP contribution in [0.1, 0.15) is 37.2 Å². The molecule has 1 heterocycles. The van der Waals surface area contributed by atoms with Gasteiger partial charge in [0.2, 0.25) is 0 Å². The first-order chi connectivity index (χ1) is 9.00. The zero-order valence-corrected chi connectivity index (χ0v) is 12.0. The van der Waals surface area contributed by atoms with Crippen molar-refractivity contribution >= 4 is 11.6 Å². The maximum atomic E-state index is 11.0. The van der Waals surface area contributed by atoms with E-state index >= 15 is 0 Å². The lowest BCUT2D eigenvalue weighted by molar-refractivity contribution is 0.0995. The van der Waals surface area contributed by atoms with Crippen molar-refractivity contribution in [2.45, 2.75) is 32.7 Å². The second kappa shape index (κ2) is 7.74. The highest BCUT2D eigenvalue weighted by atomic mass is 16.1. The average Bonchev–Trinajstić information content (AvgIpc) is 2.38. The molecule has 0 saturated carbocycles. The summed E-state index contributed by atoms with van der Waals surface area (Å²) in [5.41, 5.74) is 6.37. The molecular formula is C14H24N4O. The van der Waals surface area contributed by atoms with Crippen molar-refractivity contribution in [3.05, 3.63) is 24.0 Å². The van der Waals surface area contributed by atoms with Crippen molar-refractivity contribution in [2.24, 2.45) is 5.73 Å². The van der Waals surface area contributed by atoms with Gasteiger partial charge in [0.1, 0.15) is 5.69 Å². The minimum absolute atomic E-state index is 0.296. The lowest BCUT2D eigenvalue weighted by Gasteiger charge is -2.20. The number of rotatable bonds is 8. The van der Waals surface area contributed by atoms with Crippen molar-refractivity contribution in [2.75, 3.05) is 25.5 Å². The standard InChI is InChI=1S/C14H24N4O/c1-11(2)18(3)9-5-4-7-16-12-6-8-17-13(10-12)14(15)19/h6,8,10-11H,4-5,7,9H2,1-3H3,(H2,15,19)(H,16,17). The number of pyridine rings is 1. The highest BCUT2D eigenvalue weighted by molar-refractivity contribution is 5.91. The molecule has 1 aromatic rings. The predicted octanol–water partition coefficient (Wildman–Crippen LogP) is 1.71. The Hall–Kier alpha value is -1.62. The first-order valence-corrected chi connectivity index (χ1v) is 6.70. The van der Waals surface area contributed by atoms with E-state index in [4.69, 9.17) is 5.73 Å². The highest BCUT2D eigenvalue weighted by Gasteiger charge is 2.03. The predicted molar refractivity (Wildman–Crippen MR) is 78.2 cm³/mol. The Morgan fingerprint density at radius 1 is 1.47 bits per heavy atom. The van der Waals surface area contributed by atoms with Crippen LogP contribution in [0.2, 0.25) is 0 Å². The summed E-state index contributed by atoms with van der Waals surface area (Å²) in [6.07, 6.45) is 3.83. The first-order valence-electron chi connectivity index (χ1n) is 6.70. The number of primary amides is 1. The van der Waals surface area contributed by atoms with Crippen LogP contribution in [0.25, 0.3) is 0 Å². The fourth-order valence-electron chi connectivity index (χ4n) is 1.65. The molecule has 19 heavy (non-hydrogen) atoms. The van der Waals surface area contributed by atoms with E-state index in [9.17, 15) is 4.79 Å². The van der Waals surface area contributed by atoms with Gasteiger partial charge < -0.3 is 16.0 Å². The number of unbranched alkanes of at least 4 members (excludes halogenated alkanes) is 1. The van der Waals surface area contributed by atoms with Crippen molar-refractivity contribution in [3.8, 4) is 0 Å². The number of nitrogens with zero attached hydrogens (tertiary/aromatic N) is 2. The summed E-state index contributed by atoms with van der Waals surface area (Å²) in [5.74, 6) is -0.498. The van der Waals surface area contributed by atoms with E-state index in [1.807, 2.05) is 6.07 Å². The smallest absolute Gasteiger partial charge is 0.267 e. The number of carbonyl (C=O) groups is 1. The molecule has 1 rings (SSSR count). The van der Waals surface area contributed by atoms with Crippen LogP contribution >= 0.6 is 0 Å². The topological polar surface area (TPSA) is 71.2 Å². The van der Waals surface area contributed by atoms with Crippen LogP contribution in [0, 0.1) is 0 Å². The van der Waals surface area contributed by atoms with Crippen LogP contribution in [0.3, 0.4) is 0 Å². The fraction of sp³-hybridized carbons (Fsp3) is 0.571. The van der Waals surface area contributed by atoms with Gasteiger partial charge in [0, 0.05) is 24.5 Å². The van der Waals surface area contributed by atoms with Gasteiger partial charge in [0.05, 0.1) is 0 Å². The van der Waals surface area contributed by atoms with Crippen molar-refractivity contribution in [1.29, 1.82) is 0 Å². The van der Waals surface area contributed by atoms with E-state index in [1.54, 1.807) is 12.3 Å². The quantitative estimate of drug-likeness (QED) is 0.701. The van der Waals surface area contributed by atoms with Gasteiger partial charge in [-0.1, -0.05) is 0 Å². The van der Waals surface area contributed by atoms with Gasteiger partial charge in [-0.3, -0.25) is 9.78 Å². The monoisotopic (exact) mass is 264 g/mol. The van der Waals surface area contributed by atoms with Crippen molar-refractivity contribution in [3.63, 3.8) is 0 Å². The number of hydrogen-bond acceptors (Lipinski definition) is 4. The summed E-state index contributed by atoms with van der Waals surface area (Å²) in [4.78, 5) is 17.2. The van der Waals surface area contributed by atoms with Gasteiger partial charge in [-0.2, -0.15) is 0 Å². The van der Waals surface area contributed by atoms with Gasteiger partial charge in [-0.25, -0.2) is 0 Å². The molecule has 0 atom stereocenters. The van der Waals surface area contributed by atoms with Gasteiger partial charge >= 0.3 is 0 Å². The second-order valence-electron chi connectivity index (χ2n) is 5.00. The Kier molecular flexibility index (Phi) is 6.29.